The normalized spacial score (nSPS) is 10.5. The fourth-order valence-corrected chi connectivity index (χ4v) is 3.05. The summed E-state index contributed by atoms with van der Waals surface area (Å²) in [6, 6.07) is 20.9. The second-order valence-corrected chi connectivity index (χ2v) is 6.72. The van der Waals surface area contributed by atoms with Gasteiger partial charge in [-0.1, -0.05) is 71.2 Å². The first-order chi connectivity index (χ1) is 12.1. The summed E-state index contributed by atoms with van der Waals surface area (Å²) in [6.45, 7) is 0.998. The van der Waals surface area contributed by atoms with Crippen molar-refractivity contribution < 1.29 is 4.74 Å². The smallest absolute Gasteiger partial charge is 0.124 e. The van der Waals surface area contributed by atoms with Gasteiger partial charge in [-0.05, 0) is 30.3 Å². The number of anilines is 1. The molecule has 0 heterocycles. The summed E-state index contributed by atoms with van der Waals surface area (Å²) in [5.41, 5.74) is 2.81. The van der Waals surface area contributed by atoms with Gasteiger partial charge in [0.25, 0.3) is 0 Å². The van der Waals surface area contributed by atoms with Gasteiger partial charge in [-0.3, -0.25) is 0 Å². The van der Waals surface area contributed by atoms with Crippen molar-refractivity contribution in [1.82, 2.24) is 0 Å². The molecule has 0 bridgehead atoms. The van der Waals surface area contributed by atoms with Gasteiger partial charge < -0.3 is 10.1 Å². The summed E-state index contributed by atoms with van der Waals surface area (Å²) in [6.07, 6.45) is 0. The Morgan fingerprint density at radius 1 is 0.760 bits per heavy atom. The van der Waals surface area contributed by atoms with Crippen LogP contribution >= 0.6 is 34.8 Å². The van der Waals surface area contributed by atoms with Crippen LogP contribution in [0.25, 0.3) is 0 Å². The Morgan fingerprint density at radius 2 is 1.48 bits per heavy atom. The highest BCUT2D eigenvalue weighted by Crippen LogP contribution is 2.27. The number of hydrogen-bond donors (Lipinski definition) is 1. The first-order valence-electron chi connectivity index (χ1n) is 7.76. The summed E-state index contributed by atoms with van der Waals surface area (Å²) in [4.78, 5) is 0. The van der Waals surface area contributed by atoms with E-state index < -0.39 is 0 Å². The zero-order chi connectivity index (χ0) is 17.6. The van der Waals surface area contributed by atoms with E-state index in [1.165, 1.54) is 0 Å². The third kappa shape index (κ3) is 4.82. The Labute approximate surface area is 162 Å². The SMILES string of the molecule is Clc1ccc(NCc2ccccc2OCc2ccccc2Cl)c(Cl)c1. The number of hydrogen-bond acceptors (Lipinski definition) is 2. The number of benzene rings is 3. The van der Waals surface area contributed by atoms with Gasteiger partial charge in [0.15, 0.2) is 0 Å². The van der Waals surface area contributed by atoms with Gasteiger partial charge in [-0.15, -0.1) is 0 Å². The first kappa shape index (κ1) is 17.9. The predicted octanol–water partition coefficient (Wildman–Crippen LogP) is 6.84. The molecule has 3 aromatic rings. The minimum Gasteiger partial charge on any atom is -0.488 e. The van der Waals surface area contributed by atoms with Crippen LogP contribution in [0.1, 0.15) is 11.1 Å². The summed E-state index contributed by atoms with van der Waals surface area (Å²) in [7, 11) is 0. The second kappa shape index (κ2) is 8.48. The lowest BCUT2D eigenvalue weighted by Crippen LogP contribution is -2.04. The van der Waals surface area contributed by atoms with E-state index in [1.54, 1.807) is 12.1 Å². The van der Waals surface area contributed by atoms with Gasteiger partial charge in [-0.2, -0.15) is 0 Å². The van der Waals surface area contributed by atoms with Gasteiger partial charge in [0, 0.05) is 27.7 Å². The average molecular weight is 393 g/mol. The standard InChI is InChI=1S/C20H16Cl3NO/c21-16-9-10-19(18(23)11-16)24-12-14-5-2-4-8-20(14)25-13-15-6-1-3-7-17(15)22/h1-11,24H,12-13H2. The highest BCUT2D eigenvalue weighted by molar-refractivity contribution is 6.36. The Hall–Kier alpha value is -1.87. The quantitative estimate of drug-likeness (QED) is 0.496. The molecule has 1 N–H and O–H groups in total. The molecule has 0 saturated heterocycles. The van der Waals surface area contributed by atoms with Crippen molar-refractivity contribution in [2.24, 2.45) is 0 Å². The number of ether oxygens (including phenoxy) is 1. The van der Waals surface area contributed by atoms with Crippen molar-refractivity contribution >= 4 is 40.5 Å². The molecule has 3 rings (SSSR count). The van der Waals surface area contributed by atoms with Gasteiger partial charge in [0.05, 0.1) is 10.7 Å². The summed E-state index contributed by atoms with van der Waals surface area (Å²) in [5.74, 6) is 0.806. The van der Waals surface area contributed by atoms with E-state index in [1.807, 2.05) is 54.6 Å². The van der Waals surface area contributed by atoms with E-state index in [-0.39, 0.29) is 0 Å². The Balaban J connectivity index is 1.69. The summed E-state index contributed by atoms with van der Waals surface area (Å²) < 4.78 is 5.96. The zero-order valence-electron chi connectivity index (χ0n) is 13.3. The molecule has 0 unspecified atom stereocenters. The van der Waals surface area contributed by atoms with Gasteiger partial charge >= 0.3 is 0 Å². The second-order valence-electron chi connectivity index (χ2n) is 5.47. The van der Waals surface area contributed by atoms with Crippen LogP contribution in [-0.2, 0) is 13.2 Å². The lowest BCUT2D eigenvalue weighted by molar-refractivity contribution is 0.303. The average Bonchev–Trinajstić information content (AvgIpc) is 2.61. The molecule has 0 atom stereocenters. The molecule has 0 aliphatic rings. The third-order valence-electron chi connectivity index (χ3n) is 3.71. The van der Waals surface area contributed by atoms with Crippen molar-refractivity contribution in [3.05, 3.63) is 92.9 Å². The van der Waals surface area contributed by atoms with E-state index in [4.69, 9.17) is 39.5 Å². The van der Waals surface area contributed by atoms with Crippen molar-refractivity contribution in [3.8, 4) is 5.75 Å². The Kier molecular flexibility index (Phi) is 6.09. The lowest BCUT2D eigenvalue weighted by atomic mass is 10.2. The molecule has 0 aliphatic heterocycles. The van der Waals surface area contributed by atoms with E-state index in [9.17, 15) is 0 Å². The fraction of sp³-hybridized carbons (Fsp3) is 0.100. The molecule has 0 aromatic heterocycles. The third-order valence-corrected chi connectivity index (χ3v) is 4.63. The van der Waals surface area contributed by atoms with Gasteiger partial charge in [0.1, 0.15) is 12.4 Å². The van der Waals surface area contributed by atoms with Crippen LogP contribution in [0.15, 0.2) is 66.7 Å². The van der Waals surface area contributed by atoms with Crippen LogP contribution in [0.2, 0.25) is 15.1 Å². The fourth-order valence-electron chi connectivity index (χ4n) is 2.38. The molecule has 0 aliphatic carbocycles. The van der Waals surface area contributed by atoms with Crippen molar-refractivity contribution in [2.75, 3.05) is 5.32 Å². The maximum Gasteiger partial charge on any atom is 0.124 e. The van der Waals surface area contributed by atoms with Crippen molar-refractivity contribution in [3.63, 3.8) is 0 Å². The van der Waals surface area contributed by atoms with Crippen LogP contribution < -0.4 is 10.1 Å². The maximum atomic E-state index is 6.20. The number of nitrogens with one attached hydrogen (secondary N) is 1. The number of halogens is 3. The van der Waals surface area contributed by atoms with Crippen LogP contribution in [0, 0.1) is 0 Å². The van der Waals surface area contributed by atoms with Crippen LogP contribution in [-0.4, -0.2) is 0 Å². The molecular formula is C20H16Cl3NO. The largest absolute Gasteiger partial charge is 0.488 e. The Bertz CT molecular complexity index is 867. The molecule has 3 aromatic carbocycles. The highest BCUT2D eigenvalue weighted by atomic mass is 35.5. The van der Waals surface area contributed by atoms with Crippen LogP contribution in [0.4, 0.5) is 5.69 Å². The summed E-state index contributed by atoms with van der Waals surface area (Å²) >= 11 is 18.3. The minimum atomic E-state index is 0.415. The van der Waals surface area contributed by atoms with Crippen LogP contribution in [0.3, 0.4) is 0 Å². The predicted molar refractivity (Wildman–Crippen MR) is 106 cm³/mol. The molecule has 2 nitrogen and oxygen atoms in total. The first-order valence-corrected chi connectivity index (χ1v) is 8.90. The Morgan fingerprint density at radius 3 is 2.24 bits per heavy atom. The van der Waals surface area contributed by atoms with E-state index in [0.717, 1.165) is 22.6 Å². The van der Waals surface area contributed by atoms with Crippen molar-refractivity contribution in [1.29, 1.82) is 0 Å². The van der Waals surface area contributed by atoms with Gasteiger partial charge in [0.2, 0.25) is 0 Å². The topological polar surface area (TPSA) is 21.3 Å². The summed E-state index contributed by atoms with van der Waals surface area (Å²) in [5, 5.41) is 5.21. The minimum absolute atomic E-state index is 0.415. The lowest BCUT2D eigenvalue weighted by Gasteiger charge is -2.14. The molecule has 0 radical (unpaired) electrons. The van der Waals surface area contributed by atoms with E-state index >= 15 is 0 Å². The zero-order valence-corrected chi connectivity index (χ0v) is 15.6. The maximum absolute atomic E-state index is 6.20. The molecule has 25 heavy (non-hydrogen) atoms. The molecule has 0 amide bonds. The molecule has 0 fully saturated rings. The number of rotatable bonds is 6. The molecule has 0 spiro atoms. The monoisotopic (exact) mass is 391 g/mol. The van der Waals surface area contributed by atoms with Crippen molar-refractivity contribution in [2.45, 2.75) is 13.2 Å². The molecule has 5 heteroatoms. The molecule has 128 valence electrons. The highest BCUT2D eigenvalue weighted by Gasteiger charge is 2.07. The molecule has 0 saturated carbocycles. The van der Waals surface area contributed by atoms with Crippen LogP contribution in [0.5, 0.6) is 5.75 Å². The molecular weight excluding hydrogens is 377 g/mol. The van der Waals surface area contributed by atoms with Gasteiger partial charge in [-0.25, -0.2) is 0 Å². The number of para-hydroxylation sites is 1. The van der Waals surface area contributed by atoms with E-state index in [0.29, 0.717) is 28.2 Å². The van der Waals surface area contributed by atoms with E-state index in [2.05, 4.69) is 5.32 Å².